The molecule has 0 aliphatic rings. The summed E-state index contributed by atoms with van der Waals surface area (Å²) in [5.41, 5.74) is 0.118. The Hall–Kier alpha value is -2.30. The smallest absolute Gasteiger partial charge is 0.416 e. The van der Waals surface area contributed by atoms with Gasteiger partial charge >= 0.3 is 6.18 Å². The molecule has 1 heterocycles. The minimum absolute atomic E-state index is 0.121. The largest absolute Gasteiger partial charge is 0.456 e. The number of ether oxygens (including phenoxy) is 1. The quantitative estimate of drug-likeness (QED) is 0.801. The van der Waals surface area contributed by atoms with Gasteiger partial charge in [-0.05, 0) is 42.8 Å². The van der Waals surface area contributed by atoms with Crippen LogP contribution in [-0.2, 0) is 6.18 Å². The summed E-state index contributed by atoms with van der Waals surface area (Å²) < 4.78 is 43.7. The molecule has 0 aliphatic carbocycles. The lowest BCUT2D eigenvalue weighted by Gasteiger charge is -2.12. The van der Waals surface area contributed by atoms with E-state index in [0.29, 0.717) is 11.4 Å². The van der Waals surface area contributed by atoms with Crippen LogP contribution in [0.15, 0.2) is 43.1 Å². The predicted molar refractivity (Wildman–Crippen MR) is 70.6 cm³/mol. The van der Waals surface area contributed by atoms with Gasteiger partial charge in [-0.15, -0.1) is 0 Å². The number of rotatable bonds is 3. The van der Waals surface area contributed by atoms with E-state index in [1.165, 1.54) is 25.3 Å². The molecule has 20 heavy (non-hydrogen) atoms. The standard InChI is InChI=1S/C15H12F3NO/c1-3-11-5-7-13(9-19-11)20-12-6-4-10(2)14(8-12)15(16,17)18/h3-9H,1H2,2H3. The van der Waals surface area contributed by atoms with Crippen LogP contribution in [0.5, 0.6) is 11.5 Å². The van der Waals surface area contributed by atoms with Gasteiger partial charge in [-0.2, -0.15) is 13.2 Å². The molecule has 0 aliphatic heterocycles. The molecule has 0 atom stereocenters. The average Bonchev–Trinajstić information content (AvgIpc) is 2.40. The van der Waals surface area contributed by atoms with Gasteiger partial charge in [0.15, 0.2) is 0 Å². The van der Waals surface area contributed by atoms with Gasteiger partial charge in [-0.3, -0.25) is 4.98 Å². The molecule has 0 radical (unpaired) electrons. The Morgan fingerprint density at radius 1 is 1.15 bits per heavy atom. The second-order valence-corrected chi connectivity index (χ2v) is 4.20. The molecule has 0 N–H and O–H groups in total. The molecule has 2 nitrogen and oxygen atoms in total. The van der Waals surface area contributed by atoms with Gasteiger partial charge in [-0.1, -0.05) is 12.6 Å². The van der Waals surface area contributed by atoms with E-state index in [0.717, 1.165) is 6.07 Å². The summed E-state index contributed by atoms with van der Waals surface area (Å²) in [6.07, 6.45) is -1.39. The summed E-state index contributed by atoms with van der Waals surface area (Å²) >= 11 is 0. The number of hydrogen-bond acceptors (Lipinski definition) is 2. The number of nitrogens with zero attached hydrogens (tertiary/aromatic N) is 1. The highest BCUT2D eigenvalue weighted by Gasteiger charge is 2.32. The molecule has 2 rings (SSSR count). The third-order valence-electron chi connectivity index (χ3n) is 2.72. The fourth-order valence-corrected chi connectivity index (χ4v) is 1.68. The lowest BCUT2D eigenvalue weighted by molar-refractivity contribution is -0.138. The van der Waals surface area contributed by atoms with Crippen LogP contribution in [0.25, 0.3) is 6.08 Å². The highest BCUT2D eigenvalue weighted by atomic mass is 19.4. The number of pyridine rings is 1. The van der Waals surface area contributed by atoms with Crippen LogP contribution >= 0.6 is 0 Å². The molecule has 0 spiro atoms. The number of benzene rings is 1. The second-order valence-electron chi connectivity index (χ2n) is 4.20. The lowest BCUT2D eigenvalue weighted by Crippen LogP contribution is -2.07. The molecule has 0 saturated carbocycles. The number of halogens is 3. The molecule has 0 bridgehead atoms. The highest BCUT2D eigenvalue weighted by Crippen LogP contribution is 2.35. The Bertz CT molecular complexity index is 618. The van der Waals surface area contributed by atoms with Crippen molar-refractivity contribution in [2.75, 3.05) is 0 Å². The zero-order valence-electron chi connectivity index (χ0n) is 10.7. The molecule has 104 valence electrons. The predicted octanol–water partition coefficient (Wildman–Crippen LogP) is 4.84. The Morgan fingerprint density at radius 3 is 2.40 bits per heavy atom. The van der Waals surface area contributed by atoms with Crippen LogP contribution < -0.4 is 4.74 Å². The van der Waals surface area contributed by atoms with E-state index in [1.54, 1.807) is 18.2 Å². The maximum absolute atomic E-state index is 12.8. The molecule has 0 fully saturated rings. The number of alkyl halides is 3. The molecule has 5 heteroatoms. The van der Waals surface area contributed by atoms with Crippen LogP contribution in [0.2, 0.25) is 0 Å². The van der Waals surface area contributed by atoms with Gasteiger partial charge in [-0.25, -0.2) is 0 Å². The van der Waals surface area contributed by atoms with E-state index in [1.807, 2.05) is 0 Å². The van der Waals surface area contributed by atoms with E-state index < -0.39 is 11.7 Å². The van der Waals surface area contributed by atoms with E-state index >= 15 is 0 Å². The molecular formula is C15H12F3NO. The summed E-state index contributed by atoms with van der Waals surface area (Å²) in [4.78, 5) is 4.02. The summed E-state index contributed by atoms with van der Waals surface area (Å²) in [6.45, 7) is 4.97. The fourth-order valence-electron chi connectivity index (χ4n) is 1.68. The van der Waals surface area contributed by atoms with Gasteiger partial charge in [0.05, 0.1) is 17.5 Å². The average molecular weight is 279 g/mol. The third kappa shape index (κ3) is 3.17. The fraction of sp³-hybridized carbons (Fsp3) is 0.133. The van der Waals surface area contributed by atoms with Crippen LogP contribution in [-0.4, -0.2) is 4.98 Å². The van der Waals surface area contributed by atoms with Crippen molar-refractivity contribution in [3.63, 3.8) is 0 Å². The van der Waals surface area contributed by atoms with Crippen LogP contribution in [0.3, 0.4) is 0 Å². The van der Waals surface area contributed by atoms with Crippen molar-refractivity contribution < 1.29 is 17.9 Å². The first-order chi connectivity index (χ1) is 9.40. The van der Waals surface area contributed by atoms with Gasteiger partial charge in [0, 0.05) is 0 Å². The highest BCUT2D eigenvalue weighted by molar-refractivity contribution is 5.43. The topological polar surface area (TPSA) is 22.1 Å². The van der Waals surface area contributed by atoms with Crippen LogP contribution in [0, 0.1) is 6.92 Å². The van der Waals surface area contributed by atoms with Gasteiger partial charge < -0.3 is 4.74 Å². The maximum Gasteiger partial charge on any atom is 0.416 e. The van der Waals surface area contributed by atoms with Crippen molar-refractivity contribution in [1.29, 1.82) is 0 Å². The molecule has 1 aromatic carbocycles. The van der Waals surface area contributed by atoms with E-state index in [4.69, 9.17) is 4.74 Å². The molecule has 0 saturated heterocycles. The number of aryl methyl sites for hydroxylation is 1. The first-order valence-corrected chi connectivity index (χ1v) is 5.84. The van der Waals surface area contributed by atoms with Crippen molar-refractivity contribution >= 4 is 6.08 Å². The lowest BCUT2D eigenvalue weighted by atomic mass is 10.1. The molecule has 1 aromatic heterocycles. The normalized spacial score (nSPS) is 11.2. The SMILES string of the molecule is C=Cc1ccc(Oc2ccc(C)c(C(F)(F)F)c2)cn1. The summed E-state index contributed by atoms with van der Waals surface area (Å²) in [6, 6.07) is 7.14. The number of aromatic nitrogens is 1. The third-order valence-corrected chi connectivity index (χ3v) is 2.72. The summed E-state index contributed by atoms with van der Waals surface area (Å²) in [5, 5.41) is 0. The van der Waals surface area contributed by atoms with E-state index in [2.05, 4.69) is 11.6 Å². The Morgan fingerprint density at radius 2 is 1.85 bits per heavy atom. The minimum Gasteiger partial charge on any atom is -0.456 e. The Labute approximate surface area is 114 Å². The zero-order valence-corrected chi connectivity index (χ0v) is 10.7. The monoisotopic (exact) mass is 279 g/mol. The van der Waals surface area contributed by atoms with Crippen molar-refractivity contribution in [2.24, 2.45) is 0 Å². The van der Waals surface area contributed by atoms with Crippen LogP contribution in [0.1, 0.15) is 16.8 Å². The second kappa shape index (κ2) is 5.36. The Kier molecular flexibility index (Phi) is 3.79. The first kappa shape index (κ1) is 14.1. The molecule has 2 aromatic rings. The first-order valence-electron chi connectivity index (χ1n) is 5.84. The molecule has 0 unspecified atom stereocenters. The van der Waals surface area contributed by atoms with Crippen molar-refractivity contribution in [3.05, 3.63) is 59.9 Å². The Balaban J connectivity index is 2.27. The maximum atomic E-state index is 12.8. The minimum atomic E-state index is -4.39. The van der Waals surface area contributed by atoms with Crippen molar-refractivity contribution in [1.82, 2.24) is 4.98 Å². The van der Waals surface area contributed by atoms with Crippen LogP contribution in [0.4, 0.5) is 13.2 Å². The van der Waals surface area contributed by atoms with Crippen molar-refractivity contribution in [2.45, 2.75) is 13.1 Å². The van der Waals surface area contributed by atoms with Gasteiger partial charge in [0.1, 0.15) is 11.5 Å². The van der Waals surface area contributed by atoms with Gasteiger partial charge in [0.2, 0.25) is 0 Å². The molecular weight excluding hydrogens is 267 g/mol. The van der Waals surface area contributed by atoms with Crippen molar-refractivity contribution in [3.8, 4) is 11.5 Å². The summed E-state index contributed by atoms with van der Waals surface area (Å²) in [7, 11) is 0. The summed E-state index contributed by atoms with van der Waals surface area (Å²) in [5.74, 6) is 0.489. The van der Waals surface area contributed by atoms with E-state index in [9.17, 15) is 13.2 Å². The zero-order chi connectivity index (χ0) is 14.8. The molecule has 0 amide bonds. The van der Waals surface area contributed by atoms with E-state index in [-0.39, 0.29) is 11.3 Å². The van der Waals surface area contributed by atoms with Gasteiger partial charge in [0.25, 0.3) is 0 Å². The number of hydrogen-bond donors (Lipinski definition) is 0.